The molecular formula is C19H31N5O4. The zero-order chi connectivity index (χ0) is 19.5. The maximum Gasteiger partial charge on any atom is 0.222 e. The number of hydrogen-bond donors (Lipinski definition) is 4. The number of rotatable bonds is 7. The molecule has 0 bridgehead atoms. The van der Waals surface area contributed by atoms with Crippen molar-refractivity contribution in [3.63, 3.8) is 0 Å². The summed E-state index contributed by atoms with van der Waals surface area (Å²) in [5.74, 6) is 0.729. The molecule has 0 spiro atoms. The van der Waals surface area contributed by atoms with Crippen molar-refractivity contribution in [2.45, 2.75) is 68.8 Å². The Morgan fingerprint density at radius 2 is 2.21 bits per heavy atom. The lowest BCUT2D eigenvalue weighted by Crippen LogP contribution is -2.45. The number of aromatic nitrogens is 2. The first kappa shape index (κ1) is 19.8. The molecule has 4 heterocycles. The van der Waals surface area contributed by atoms with E-state index in [0.717, 1.165) is 31.8 Å². The third-order valence-corrected chi connectivity index (χ3v) is 6.00. The molecule has 4 N–H and O–H groups in total. The van der Waals surface area contributed by atoms with E-state index in [1.54, 1.807) is 6.20 Å². The summed E-state index contributed by atoms with van der Waals surface area (Å²) in [6.45, 7) is 3.09. The molecule has 5 unspecified atom stereocenters. The number of amides is 1. The minimum absolute atomic E-state index is 0.0772. The number of ether oxygens (including phenoxy) is 2. The van der Waals surface area contributed by atoms with Gasteiger partial charge in [0.05, 0.1) is 31.3 Å². The molecule has 1 aromatic rings. The predicted octanol–water partition coefficient (Wildman–Crippen LogP) is -0.946. The van der Waals surface area contributed by atoms with Gasteiger partial charge in [0.2, 0.25) is 5.91 Å². The third-order valence-electron chi connectivity index (χ3n) is 6.00. The van der Waals surface area contributed by atoms with Gasteiger partial charge in [-0.15, -0.1) is 0 Å². The Kier molecular flexibility index (Phi) is 6.27. The van der Waals surface area contributed by atoms with Gasteiger partial charge in [0, 0.05) is 38.4 Å². The van der Waals surface area contributed by atoms with Crippen LogP contribution in [0.25, 0.3) is 0 Å². The third kappa shape index (κ3) is 4.55. The molecule has 156 valence electrons. The number of imidazole rings is 1. The normalized spacial score (nSPS) is 33.1. The lowest BCUT2D eigenvalue weighted by atomic mass is 10.0. The maximum absolute atomic E-state index is 12.2. The van der Waals surface area contributed by atoms with E-state index in [9.17, 15) is 9.90 Å². The predicted molar refractivity (Wildman–Crippen MR) is 102 cm³/mol. The van der Waals surface area contributed by atoms with Crippen LogP contribution < -0.4 is 16.0 Å². The average Bonchev–Trinajstić information content (AvgIpc) is 3.36. The zero-order valence-corrected chi connectivity index (χ0v) is 16.3. The summed E-state index contributed by atoms with van der Waals surface area (Å²) >= 11 is 0. The molecular weight excluding hydrogens is 362 g/mol. The number of carbonyl (C=O) groups excluding carboxylic acids is 1. The highest BCUT2D eigenvalue weighted by atomic mass is 16.6. The highest BCUT2D eigenvalue weighted by Crippen LogP contribution is 2.35. The average molecular weight is 393 g/mol. The number of hydrogen-bond acceptors (Lipinski definition) is 7. The molecule has 3 saturated heterocycles. The Labute approximate surface area is 165 Å². The monoisotopic (exact) mass is 393 g/mol. The molecule has 9 nitrogen and oxygen atoms in total. The van der Waals surface area contributed by atoms with Crippen molar-refractivity contribution in [2.75, 3.05) is 19.6 Å². The molecule has 1 amide bonds. The van der Waals surface area contributed by atoms with Crippen molar-refractivity contribution in [2.24, 2.45) is 7.05 Å². The molecule has 28 heavy (non-hydrogen) atoms. The largest absolute Gasteiger partial charge is 0.388 e. The van der Waals surface area contributed by atoms with Crippen LogP contribution in [0, 0.1) is 0 Å². The first-order valence-corrected chi connectivity index (χ1v) is 10.3. The van der Waals surface area contributed by atoms with Crippen LogP contribution >= 0.6 is 0 Å². The van der Waals surface area contributed by atoms with Crippen LogP contribution in [-0.4, -0.2) is 76.8 Å². The Morgan fingerprint density at radius 1 is 1.39 bits per heavy atom. The number of nitrogens with one attached hydrogen (secondary N) is 3. The fraction of sp³-hybridized carbons (Fsp3) is 0.789. The van der Waals surface area contributed by atoms with E-state index in [-0.39, 0.29) is 36.7 Å². The van der Waals surface area contributed by atoms with Gasteiger partial charge >= 0.3 is 0 Å². The minimum atomic E-state index is -0.653. The highest BCUT2D eigenvalue weighted by molar-refractivity contribution is 5.76. The van der Waals surface area contributed by atoms with E-state index < -0.39 is 6.10 Å². The maximum atomic E-state index is 12.2. The van der Waals surface area contributed by atoms with Crippen LogP contribution in [0.5, 0.6) is 0 Å². The van der Waals surface area contributed by atoms with Gasteiger partial charge in [-0.1, -0.05) is 0 Å². The molecule has 5 atom stereocenters. The summed E-state index contributed by atoms with van der Waals surface area (Å²) in [4.78, 5) is 16.4. The van der Waals surface area contributed by atoms with Crippen LogP contribution in [-0.2, 0) is 27.9 Å². The first-order chi connectivity index (χ1) is 13.6. The second-order valence-corrected chi connectivity index (χ2v) is 8.03. The standard InChI is InChI=1S/C19H31N5O4/c1-24-7-6-21-16(24)11-23-17(25)9-13-8-14-19(27-13)18(26)15(28-14)10-22-12-2-4-20-5-3-12/h6-7,12-15,18-20,22,26H,2-5,8-11H2,1H3,(H,23,25). The highest BCUT2D eigenvalue weighted by Gasteiger charge is 2.50. The summed E-state index contributed by atoms with van der Waals surface area (Å²) in [6, 6.07) is 0.480. The second kappa shape index (κ2) is 8.87. The van der Waals surface area contributed by atoms with Crippen LogP contribution in [0.1, 0.15) is 31.5 Å². The Hall–Kier alpha value is -1.52. The fourth-order valence-electron chi connectivity index (χ4n) is 4.34. The Bertz CT molecular complexity index is 663. The topological polar surface area (TPSA) is 110 Å². The van der Waals surface area contributed by atoms with Crippen molar-refractivity contribution >= 4 is 5.91 Å². The number of aryl methyl sites for hydroxylation is 1. The molecule has 4 rings (SSSR count). The van der Waals surface area contributed by atoms with Crippen molar-refractivity contribution < 1.29 is 19.4 Å². The summed E-state index contributed by atoms with van der Waals surface area (Å²) in [5.41, 5.74) is 0. The lowest BCUT2D eigenvalue weighted by Gasteiger charge is -2.26. The molecule has 3 fully saturated rings. The van der Waals surface area contributed by atoms with E-state index in [4.69, 9.17) is 9.47 Å². The van der Waals surface area contributed by atoms with Crippen molar-refractivity contribution in [3.05, 3.63) is 18.2 Å². The molecule has 0 aliphatic carbocycles. The van der Waals surface area contributed by atoms with Crippen LogP contribution in [0.4, 0.5) is 0 Å². The van der Waals surface area contributed by atoms with E-state index in [2.05, 4.69) is 20.9 Å². The van der Waals surface area contributed by atoms with Gasteiger partial charge in [-0.25, -0.2) is 4.98 Å². The van der Waals surface area contributed by atoms with Gasteiger partial charge in [-0.3, -0.25) is 4.79 Å². The summed E-state index contributed by atoms with van der Waals surface area (Å²) in [7, 11) is 1.89. The molecule has 9 heteroatoms. The Balaban J connectivity index is 1.18. The van der Waals surface area contributed by atoms with Crippen LogP contribution in [0.3, 0.4) is 0 Å². The summed E-state index contributed by atoms with van der Waals surface area (Å²) in [6.07, 6.45) is 5.06. The zero-order valence-electron chi connectivity index (χ0n) is 16.3. The number of aliphatic hydroxyl groups is 1. The van der Waals surface area contributed by atoms with E-state index >= 15 is 0 Å². The fourth-order valence-corrected chi connectivity index (χ4v) is 4.34. The van der Waals surface area contributed by atoms with Gasteiger partial charge in [-0.2, -0.15) is 0 Å². The van der Waals surface area contributed by atoms with Gasteiger partial charge in [-0.05, 0) is 25.9 Å². The first-order valence-electron chi connectivity index (χ1n) is 10.3. The number of piperidine rings is 1. The van der Waals surface area contributed by atoms with Gasteiger partial charge in [0.15, 0.2) is 0 Å². The van der Waals surface area contributed by atoms with E-state index in [1.807, 2.05) is 17.8 Å². The quantitative estimate of drug-likeness (QED) is 0.473. The lowest BCUT2D eigenvalue weighted by molar-refractivity contribution is -0.125. The smallest absolute Gasteiger partial charge is 0.222 e. The second-order valence-electron chi connectivity index (χ2n) is 8.03. The summed E-state index contributed by atoms with van der Waals surface area (Å²) in [5, 5.41) is 20.3. The van der Waals surface area contributed by atoms with Crippen LogP contribution in [0.2, 0.25) is 0 Å². The van der Waals surface area contributed by atoms with Crippen molar-refractivity contribution in [3.8, 4) is 0 Å². The van der Waals surface area contributed by atoms with E-state index in [0.29, 0.717) is 25.6 Å². The van der Waals surface area contributed by atoms with Gasteiger partial charge in [0.1, 0.15) is 18.0 Å². The van der Waals surface area contributed by atoms with Crippen LogP contribution in [0.15, 0.2) is 12.4 Å². The van der Waals surface area contributed by atoms with Gasteiger partial charge in [0.25, 0.3) is 0 Å². The minimum Gasteiger partial charge on any atom is -0.388 e. The van der Waals surface area contributed by atoms with E-state index in [1.165, 1.54) is 0 Å². The molecule has 1 aromatic heterocycles. The Morgan fingerprint density at radius 3 is 2.93 bits per heavy atom. The number of carbonyl (C=O) groups is 1. The number of nitrogens with zero attached hydrogens (tertiary/aromatic N) is 2. The number of aliphatic hydroxyl groups excluding tert-OH is 1. The van der Waals surface area contributed by atoms with Crippen molar-refractivity contribution in [1.29, 1.82) is 0 Å². The molecule has 3 aliphatic rings. The molecule has 0 radical (unpaired) electrons. The molecule has 0 saturated carbocycles. The molecule has 0 aromatic carbocycles. The number of fused-ring (bicyclic) bond motifs is 1. The van der Waals surface area contributed by atoms with Crippen molar-refractivity contribution in [1.82, 2.24) is 25.5 Å². The summed E-state index contributed by atoms with van der Waals surface area (Å²) < 4.78 is 13.9. The SMILES string of the molecule is Cn1ccnc1CNC(=O)CC1CC2OC(CNC3CCNCC3)C(O)C2O1. The van der Waals surface area contributed by atoms with Gasteiger partial charge < -0.3 is 35.1 Å². The molecule has 3 aliphatic heterocycles.